The molecule has 2 N–H and O–H groups in total. The SMILES string of the molecule is CS(=O)(=O)c1ccc(Cn2cccc2/C=C/C(=O)NO)cc1. The van der Waals surface area contributed by atoms with Gasteiger partial charge in [0.2, 0.25) is 0 Å². The lowest BCUT2D eigenvalue weighted by Gasteiger charge is -2.07. The molecule has 7 heteroatoms. The number of hydrogen-bond donors (Lipinski definition) is 2. The molecular weight excluding hydrogens is 304 g/mol. The quantitative estimate of drug-likeness (QED) is 0.496. The summed E-state index contributed by atoms with van der Waals surface area (Å²) in [5, 5.41) is 8.45. The number of hydroxylamine groups is 1. The number of benzene rings is 1. The van der Waals surface area contributed by atoms with E-state index in [9.17, 15) is 13.2 Å². The van der Waals surface area contributed by atoms with Crippen molar-refractivity contribution in [1.29, 1.82) is 0 Å². The van der Waals surface area contributed by atoms with E-state index in [1.807, 2.05) is 22.9 Å². The highest BCUT2D eigenvalue weighted by Crippen LogP contribution is 2.13. The predicted molar refractivity (Wildman–Crippen MR) is 82.0 cm³/mol. The molecule has 0 aliphatic rings. The topological polar surface area (TPSA) is 88.4 Å². The molecule has 0 unspecified atom stereocenters. The van der Waals surface area contributed by atoms with Gasteiger partial charge in [-0.2, -0.15) is 0 Å². The fourth-order valence-electron chi connectivity index (χ4n) is 1.96. The molecule has 0 radical (unpaired) electrons. The molecule has 22 heavy (non-hydrogen) atoms. The van der Waals surface area contributed by atoms with Crippen LogP contribution in [-0.2, 0) is 21.2 Å². The summed E-state index contributed by atoms with van der Waals surface area (Å²) in [6, 6.07) is 10.3. The first-order valence-electron chi connectivity index (χ1n) is 6.46. The lowest BCUT2D eigenvalue weighted by atomic mass is 10.2. The second-order valence-corrected chi connectivity index (χ2v) is 6.80. The largest absolute Gasteiger partial charge is 0.344 e. The average molecular weight is 320 g/mol. The second-order valence-electron chi connectivity index (χ2n) is 4.79. The van der Waals surface area contributed by atoms with E-state index in [4.69, 9.17) is 5.21 Å². The molecule has 0 saturated carbocycles. The zero-order valence-electron chi connectivity index (χ0n) is 11.9. The zero-order chi connectivity index (χ0) is 16.2. The number of sulfone groups is 1. The van der Waals surface area contributed by atoms with Crippen molar-refractivity contribution in [3.8, 4) is 0 Å². The maximum Gasteiger partial charge on any atom is 0.267 e. The number of amides is 1. The van der Waals surface area contributed by atoms with Crippen molar-refractivity contribution in [2.24, 2.45) is 0 Å². The monoisotopic (exact) mass is 320 g/mol. The second kappa shape index (κ2) is 6.59. The molecule has 0 atom stereocenters. The highest BCUT2D eigenvalue weighted by molar-refractivity contribution is 7.90. The third kappa shape index (κ3) is 4.06. The first kappa shape index (κ1) is 16.0. The Bertz CT molecular complexity index is 789. The molecule has 1 heterocycles. The number of nitrogens with zero attached hydrogens (tertiary/aromatic N) is 1. The predicted octanol–water partition coefficient (Wildman–Crippen LogP) is 1.46. The van der Waals surface area contributed by atoms with Gasteiger partial charge in [0.25, 0.3) is 5.91 Å². The van der Waals surface area contributed by atoms with Gasteiger partial charge in [0.1, 0.15) is 0 Å². The lowest BCUT2D eigenvalue weighted by Crippen LogP contribution is -2.15. The Labute approximate surface area is 128 Å². The van der Waals surface area contributed by atoms with Crippen molar-refractivity contribution >= 4 is 21.8 Å². The van der Waals surface area contributed by atoms with E-state index >= 15 is 0 Å². The summed E-state index contributed by atoms with van der Waals surface area (Å²) >= 11 is 0. The molecule has 0 aliphatic heterocycles. The number of rotatable bonds is 5. The van der Waals surface area contributed by atoms with Gasteiger partial charge in [0.05, 0.1) is 4.90 Å². The van der Waals surface area contributed by atoms with E-state index in [0.717, 1.165) is 11.3 Å². The van der Waals surface area contributed by atoms with Crippen molar-refractivity contribution in [3.63, 3.8) is 0 Å². The van der Waals surface area contributed by atoms with Crippen molar-refractivity contribution in [1.82, 2.24) is 10.0 Å². The number of carbonyl (C=O) groups is 1. The number of nitrogens with one attached hydrogen (secondary N) is 1. The van der Waals surface area contributed by atoms with Crippen LogP contribution in [0.3, 0.4) is 0 Å². The Kier molecular flexibility index (Phi) is 4.79. The van der Waals surface area contributed by atoms with E-state index in [2.05, 4.69) is 0 Å². The maximum absolute atomic E-state index is 11.4. The molecular formula is C15H16N2O4S. The van der Waals surface area contributed by atoms with E-state index in [1.54, 1.807) is 30.3 Å². The van der Waals surface area contributed by atoms with Crippen LogP contribution in [0.1, 0.15) is 11.3 Å². The smallest absolute Gasteiger partial charge is 0.267 e. The van der Waals surface area contributed by atoms with Crippen LogP contribution in [0.2, 0.25) is 0 Å². The van der Waals surface area contributed by atoms with Gasteiger partial charge in [-0.1, -0.05) is 12.1 Å². The van der Waals surface area contributed by atoms with Gasteiger partial charge in [-0.05, 0) is 35.9 Å². The number of carbonyl (C=O) groups excluding carboxylic acids is 1. The van der Waals surface area contributed by atoms with Crippen LogP contribution in [0.15, 0.2) is 53.6 Å². The summed E-state index contributed by atoms with van der Waals surface area (Å²) in [5.41, 5.74) is 3.25. The molecule has 1 aromatic carbocycles. The van der Waals surface area contributed by atoms with Crippen LogP contribution < -0.4 is 5.48 Å². The van der Waals surface area contributed by atoms with Gasteiger partial charge in [0.15, 0.2) is 9.84 Å². The fourth-order valence-corrected chi connectivity index (χ4v) is 2.59. The van der Waals surface area contributed by atoms with Gasteiger partial charge in [0, 0.05) is 30.8 Å². The highest BCUT2D eigenvalue weighted by Gasteiger charge is 2.06. The molecule has 0 aliphatic carbocycles. The van der Waals surface area contributed by atoms with Crippen molar-refractivity contribution in [3.05, 3.63) is 59.9 Å². The van der Waals surface area contributed by atoms with Gasteiger partial charge in [-0.3, -0.25) is 10.0 Å². The maximum atomic E-state index is 11.4. The minimum Gasteiger partial charge on any atom is -0.344 e. The Morgan fingerprint density at radius 3 is 2.55 bits per heavy atom. The molecule has 116 valence electrons. The molecule has 1 aromatic heterocycles. The van der Waals surface area contributed by atoms with Gasteiger partial charge in [-0.15, -0.1) is 0 Å². The van der Waals surface area contributed by atoms with E-state index < -0.39 is 15.7 Å². The number of hydrogen-bond acceptors (Lipinski definition) is 4. The molecule has 6 nitrogen and oxygen atoms in total. The molecule has 2 aromatic rings. The minimum absolute atomic E-state index is 0.281. The van der Waals surface area contributed by atoms with Crippen molar-refractivity contribution in [2.45, 2.75) is 11.4 Å². The van der Waals surface area contributed by atoms with Crippen LogP contribution >= 0.6 is 0 Å². The van der Waals surface area contributed by atoms with E-state index in [1.165, 1.54) is 17.8 Å². The summed E-state index contributed by atoms with van der Waals surface area (Å²) < 4.78 is 24.7. The third-order valence-corrected chi connectivity index (χ3v) is 4.21. The molecule has 0 fully saturated rings. The average Bonchev–Trinajstić information content (AvgIpc) is 2.91. The molecule has 0 spiro atoms. The summed E-state index contributed by atoms with van der Waals surface area (Å²) in [4.78, 5) is 11.3. The zero-order valence-corrected chi connectivity index (χ0v) is 12.7. The van der Waals surface area contributed by atoms with Gasteiger partial charge >= 0.3 is 0 Å². The van der Waals surface area contributed by atoms with Gasteiger partial charge < -0.3 is 4.57 Å². The molecule has 0 saturated heterocycles. The van der Waals surface area contributed by atoms with Crippen LogP contribution in [0.5, 0.6) is 0 Å². The fraction of sp³-hybridized carbons (Fsp3) is 0.133. The van der Waals surface area contributed by atoms with Crippen LogP contribution in [0.25, 0.3) is 6.08 Å². The molecule has 2 rings (SSSR count). The third-order valence-electron chi connectivity index (χ3n) is 3.08. The standard InChI is InChI=1S/C15H16N2O4S/c1-22(20,21)14-7-4-12(5-8-14)11-17-10-2-3-13(17)6-9-15(18)16-19/h2-10,19H,11H2,1H3,(H,16,18)/b9-6+. The van der Waals surface area contributed by atoms with Crippen LogP contribution in [-0.4, -0.2) is 30.4 Å². The summed E-state index contributed by atoms with van der Waals surface area (Å²) in [6.45, 7) is 0.539. The summed E-state index contributed by atoms with van der Waals surface area (Å²) in [6.07, 6.45) is 5.82. The normalized spacial score (nSPS) is 11.7. The Balaban J connectivity index is 2.17. The van der Waals surface area contributed by atoms with Crippen molar-refractivity contribution < 1.29 is 18.4 Å². The highest BCUT2D eigenvalue weighted by atomic mass is 32.2. The van der Waals surface area contributed by atoms with E-state index in [0.29, 0.717) is 6.54 Å². The summed E-state index contributed by atoms with van der Waals surface area (Å²) in [5.74, 6) is -0.606. The first-order valence-corrected chi connectivity index (χ1v) is 8.35. The van der Waals surface area contributed by atoms with Crippen LogP contribution in [0.4, 0.5) is 0 Å². The minimum atomic E-state index is -3.20. The molecule has 0 bridgehead atoms. The molecule has 1 amide bonds. The summed E-state index contributed by atoms with van der Waals surface area (Å²) in [7, 11) is -3.20. The van der Waals surface area contributed by atoms with Crippen molar-refractivity contribution in [2.75, 3.05) is 6.26 Å². The van der Waals surface area contributed by atoms with E-state index in [-0.39, 0.29) is 4.90 Å². The first-order chi connectivity index (χ1) is 10.4. The Morgan fingerprint density at radius 1 is 1.27 bits per heavy atom. The van der Waals surface area contributed by atoms with Gasteiger partial charge in [-0.25, -0.2) is 13.9 Å². The Hall–Kier alpha value is -2.38. The number of aromatic nitrogens is 1. The Morgan fingerprint density at radius 2 is 1.95 bits per heavy atom. The lowest BCUT2D eigenvalue weighted by molar-refractivity contribution is -0.124. The van der Waals surface area contributed by atoms with Crippen LogP contribution in [0, 0.1) is 0 Å².